The zero-order valence-corrected chi connectivity index (χ0v) is 7.27. The van der Waals surface area contributed by atoms with Crippen LogP contribution < -0.4 is 4.74 Å². The van der Waals surface area contributed by atoms with Gasteiger partial charge in [0.25, 0.3) is 0 Å². The van der Waals surface area contributed by atoms with E-state index in [-0.39, 0.29) is 0 Å². The van der Waals surface area contributed by atoms with Gasteiger partial charge >= 0.3 is 0 Å². The van der Waals surface area contributed by atoms with Crippen LogP contribution >= 0.6 is 0 Å². The predicted octanol–water partition coefficient (Wildman–Crippen LogP) is 1.23. The molecule has 1 unspecified atom stereocenters. The van der Waals surface area contributed by atoms with Crippen molar-refractivity contribution in [2.45, 2.75) is 4.90 Å². The van der Waals surface area contributed by atoms with E-state index in [1.54, 1.807) is 31.6 Å². The lowest BCUT2D eigenvalue weighted by atomic mass is 10.3. The van der Waals surface area contributed by atoms with E-state index in [2.05, 4.69) is 6.07 Å². The van der Waals surface area contributed by atoms with Crippen LogP contribution in [-0.2, 0) is 11.2 Å². The molecule has 0 aromatic heterocycles. The van der Waals surface area contributed by atoms with E-state index in [1.807, 2.05) is 0 Å². The summed E-state index contributed by atoms with van der Waals surface area (Å²) in [5.74, 6) is 0.666. The lowest BCUT2D eigenvalue weighted by Gasteiger charge is -2.03. The van der Waals surface area contributed by atoms with Crippen molar-refractivity contribution < 1.29 is 9.29 Å². The van der Waals surface area contributed by atoms with Crippen LogP contribution in [0.2, 0.25) is 0 Å². The maximum absolute atomic E-state index is 10.9. The molecule has 0 heterocycles. The Morgan fingerprint density at radius 2 is 2.27 bits per heavy atom. The highest BCUT2D eigenvalue weighted by molar-refractivity contribution is 7.90. The highest BCUT2D eigenvalue weighted by atomic mass is 32.2. The second-order valence-electron chi connectivity index (χ2n) is 2.05. The molecule has 59 valence electrons. The Balaban J connectivity index is 2.83. The second-order valence-corrected chi connectivity index (χ2v) is 3.43. The largest absolute Gasteiger partial charge is 0.612 e. The maximum atomic E-state index is 10.9. The standard InChI is InChI=1S/C8H9O2S/c1-10-7-3-5-8(6-4-7)11(2)9/h3,5-6H,1-2H3. The van der Waals surface area contributed by atoms with E-state index in [0.29, 0.717) is 5.75 Å². The van der Waals surface area contributed by atoms with Crippen LogP contribution in [0.1, 0.15) is 0 Å². The van der Waals surface area contributed by atoms with Crippen LogP contribution in [0.25, 0.3) is 0 Å². The summed E-state index contributed by atoms with van der Waals surface area (Å²) in [5, 5.41) is 0. The molecule has 0 spiro atoms. The van der Waals surface area contributed by atoms with Crippen LogP contribution in [-0.4, -0.2) is 17.9 Å². The Morgan fingerprint density at radius 1 is 1.55 bits per heavy atom. The van der Waals surface area contributed by atoms with Crippen LogP contribution in [0, 0.1) is 6.07 Å². The summed E-state index contributed by atoms with van der Waals surface area (Å²) in [6.07, 6.45) is 1.63. The van der Waals surface area contributed by atoms with Gasteiger partial charge in [-0.3, -0.25) is 0 Å². The molecule has 0 amide bonds. The van der Waals surface area contributed by atoms with Crippen molar-refractivity contribution in [2.24, 2.45) is 0 Å². The van der Waals surface area contributed by atoms with Crippen molar-refractivity contribution >= 4 is 11.2 Å². The van der Waals surface area contributed by atoms with Crippen molar-refractivity contribution in [3.63, 3.8) is 0 Å². The first kappa shape index (κ1) is 8.43. The first-order chi connectivity index (χ1) is 5.24. The van der Waals surface area contributed by atoms with Gasteiger partial charge in [0.1, 0.15) is 12.0 Å². The highest BCUT2D eigenvalue weighted by Crippen LogP contribution is 2.13. The molecule has 0 bridgehead atoms. The molecule has 3 heteroatoms. The number of benzene rings is 1. The third kappa shape index (κ3) is 2.13. The van der Waals surface area contributed by atoms with E-state index >= 15 is 0 Å². The highest BCUT2D eigenvalue weighted by Gasteiger charge is 2.02. The molecule has 1 rings (SSSR count). The molecule has 1 aromatic carbocycles. The average Bonchev–Trinajstić information content (AvgIpc) is 2.05. The summed E-state index contributed by atoms with van der Waals surface area (Å²) in [6, 6.07) is 8.04. The zero-order chi connectivity index (χ0) is 8.27. The molecule has 1 aromatic rings. The van der Waals surface area contributed by atoms with E-state index in [0.717, 1.165) is 4.90 Å². The zero-order valence-electron chi connectivity index (χ0n) is 6.46. The fourth-order valence-electron chi connectivity index (χ4n) is 0.702. The van der Waals surface area contributed by atoms with Crippen molar-refractivity contribution in [3.05, 3.63) is 24.3 Å². The molecule has 0 aliphatic rings. The molecule has 0 N–H and O–H groups in total. The number of hydrogen-bond donors (Lipinski definition) is 0. The summed E-state index contributed by atoms with van der Waals surface area (Å²) in [6.45, 7) is 0. The SMILES string of the molecule is COc1[c]cc([S+](C)[O-])cc1. The van der Waals surface area contributed by atoms with Gasteiger partial charge in [-0.05, 0) is 23.3 Å². The fourth-order valence-corrected chi connectivity index (χ4v) is 1.19. The van der Waals surface area contributed by atoms with E-state index in [9.17, 15) is 4.55 Å². The summed E-state index contributed by atoms with van der Waals surface area (Å²) in [5.41, 5.74) is 0. The van der Waals surface area contributed by atoms with Gasteiger partial charge in [0.15, 0.2) is 4.90 Å². The van der Waals surface area contributed by atoms with Crippen molar-refractivity contribution in [1.29, 1.82) is 0 Å². The molecule has 11 heavy (non-hydrogen) atoms. The van der Waals surface area contributed by atoms with Crippen LogP contribution in [0.4, 0.5) is 0 Å². The van der Waals surface area contributed by atoms with Gasteiger partial charge < -0.3 is 9.29 Å². The smallest absolute Gasteiger partial charge is 0.153 e. The van der Waals surface area contributed by atoms with Gasteiger partial charge in [-0.2, -0.15) is 0 Å². The number of hydrogen-bond acceptors (Lipinski definition) is 2. The predicted molar refractivity (Wildman–Crippen MR) is 44.2 cm³/mol. The lowest BCUT2D eigenvalue weighted by molar-refractivity contribution is 0.413. The molecule has 2 nitrogen and oxygen atoms in total. The second kappa shape index (κ2) is 3.64. The fraction of sp³-hybridized carbons (Fsp3) is 0.250. The monoisotopic (exact) mass is 169 g/mol. The quantitative estimate of drug-likeness (QED) is 0.624. The van der Waals surface area contributed by atoms with Crippen LogP contribution in [0.3, 0.4) is 0 Å². The first-order valence-electron chi connectivity index (χ1n) is 3.13. The van der Waals surface area contributed by atoms with Crippen LogP contribution in [0.5, 0.6) is 5.75 Å². The Bertz CT molecular complexity index is 218. The van der Waals surface area contributed by atoms with Gasteiger partial charge in [0.05, 0.1) is 7.11 Å². The third-order valence-corrected chi connectivity index (χ3v) is 2.23. The molecule has 0 fully saturated rings. The van der Waals surface area contributed by atoms with Crippen molar-refractivity contribution in [1.82, 2.24) is 0 Å². The number of rotatable bonds is 2. The van der Waals surface area contributed by atoms with E-state index in [4.69, 9.17) is 4.74 Å². The third-order valence-electron chi connectivity index (χ3n) is 1.31. The molecule has 0 saturated carbocycles. The van der Waals surface area contributed by atoms with Gasteiger partial charge in [-0.1, -0.05) is 0 Å². The van der Waals surface area contributed by atoms with E-state index in [1.165, 1.54) is 0 Å². The molecule has 0 aliphatic carbocycles. The minimum Gasteiger partial charge on any atom is -0.612 e. The van der Waals surface area contributed by atoms with Gasteiger partial charge in [0, 0.05) is 12.1 Å². The Labute approximate surface area is 69.4 Å². The van der Waals surface area contributed by atoms with Crippen LogP contribution in [0.15, 0.2) is 23.1 Å². The molecule has 0 aliphatic heterocycles. The first-order valence-corrected chi connectivity index (χ1v) is 4.69. The normalized spacial score (nSPS) is 12.6. The summed E-state index contributed by atoms with van der Waals surface area (Å²) in [4.78, 5) is 0.769. The molecular weight excluding hydrogens is 160 g/mol. The molecule has 1 radical (unpaired) electrons. The maximum Gasteiger partial charge on any atom is 0.153 e. The van der Waals surface area contributed by atoms with Gasteiger partial charge in [-0.25, -0.2) is 0 Å². The Kier molecular flexibility index (Phi) is 2.79. The average molecular weight is 169 g/mol. The topological polar surface area (TPSA) is 32.3 Å². The van der Waals surface area contributed by atoms with E-state index < -0.39 is 11.2 Å². The van der Waals surface area contributed by atoms with Gasteiger partial charge in [-0.15, -0.1) is 0 Å². The summed E-state index contributed by atoms with van der Waals surface area (Å²) in [7, 11) is 1.58. The van der Waals surface area contributed by atoms with Crippen molar-refractivity contribution in [2.75, 3.05) is 13.4 Å². The number of ether oxygens (including phenoxy) is 1. The minimum atomic E-state index is -0.926. The van der Waals surface area contributed by atoms with Crippen molar-refractivity contribution in [3.8, 4) is 5.75 Å². The lowest BCUT2D eigenvalue weighted by Crippen LogP contribution is -1.96. The Morgan fingerprint density at radius 3 is 2.64 bits per heavy atom. The van der Waals surface area contributed by atoms with Gasteiger partial charge in [0.2, 0.25) is 0 Å². The summed E-state index contributed by atoms with van der Waals surface area (Å²) >= 11 is -0.926. The molecule has 0 saturated heterocycles. The number of methoxy groups -OCH3 is 1. The minimum absolute atomic E-state index is 0.666. The molecular formula is C8H9O2S. The summed E-state index contributed by atoms with van der Waals surface area (Å²) < 4.78 is 15.8. The Hall–Kier alpha value is -0.670. The molecule has 1 atom stereocenters.